The lowest BCUT2D eigenvalue weighted by molar-refractivity contribution is -0.142. The lowest BCUT2D eigenvalue weighted by Gasteiger charge is -2.24. The third kappa shape index (κ3) is 5.16. The van der Waals surface area contributed by atoms with Crippen LogP contribution in [0.2, 0.25) is 0 Å². The van der Waals surface area contributed by atoms with Crippen LogP contribution in [-0.4, -0.2) is 34.9 Å². The normalized spacial score (nSPS) is 11.6. The van der Waals surface area contributed by atoms with E-state index >= 15 is 0 Å². The van der Waals surface area contributed by atoms with E-state index in [-0.39, 0.29) is 12.5 Å². The zero-order valence-electron chi connectivity index (χ0n) is 14.6. The summed E-state index contributed by atoms with van der Waals surface area (Å²) >= 11 is 0. The second kappa shape index (κ2) is 8.99. The maximum absolute atomic E-state index is 12.6. The highest BCUT2D eigenvalue weighted by Crippen LogP contribution is 2.16. The predicted octanol–water partition coefficient (Wildman–Crippen LogP) is 2.91. The number of carbonyl (C=O) groups is 2. The van der Waals surface area contributed by atoms with Crippen LogP contribution in [0.3, 0.4) is 0 Å². The maximum Gasteiger partial charge on any atom is 0.256 e. The van der Waals surface area contributed by atoms with E-state index in [0.29, 0.717) is 18.5 Å². The van der Waals surface area contributed by atoms with E-state index in [4.69, 9.17) is 0 Å². The molecule has 0 saturated carbocycles. The van der Waals surface area contributed by atoms with Crippen LogP contribution in [0.25, 0.3) is 0 Å². The SMILES string of the molecule is CCCN(CC(=O)Nc1ccccc1C)C(=O)C(O)c1ccccc1. The number of anilines is 1. The summed E-state index contributed by atoms with van der Waals surface area (Å²) in [5.74, 6) is -0.746. The van der Waals surface area contributed by atoms with Crippen LogP contribution < -0.4 is 5.32 Å². The van der Waals surface area contributed by atoms with Gasteiger partial charge in [0.15, 0.2) is 6.10 Å². The van der Waals surface area contributed by atoms with Crippen LogP contribution in [0.5, 0.6) is 0 Å². The number of nitrogens with zero attached hydrogens (tertiary/aromatic N) is 1. The quantitative estimate of drug-likeness (QED) is 0.814. The van der Waals surface area contributed by atoms with E-state index in [2.05, 4.69) is 5.32 Å². The molecule has 2 aromatic carbocycles. The largest absolute Gasteiger partial charge is 0.378 e. The number of rotatable bonds is 7. The maximum atomic E-state index is 12.6. The summed E-state index contributed by atoms with van der Waals surface area (Å²) in [6.45, 7) is 4.15. The Bertz CT molecular complexity index is 716. The fourth-order valence-corrected chi connectivity index (χ4v) is 2.56. The molecule has 0 aliphatic rings. The van der Waals surface area contributed by atoms with Gasteiger partial charge in [-0.3, -0.25) is 9.59 Å². The molecule has 1 unspecified atom stereocenters. The molecule has 0 fully saturated rings. The van der Waals surface area contributed by atoms with Crippen molar-refractivity contribution in [2.45, 2.75) is 26.4 Å². The van der Waals surface area contributed by atoms with Crippen LogP contribution in [-0.2, 0) is 9.59 Å². The van der Waals surface area contributed by atoms with Crippen LogP contribution in [0.1, 0.15) is 30.6 Å². The highest BCUT2D eigenvalue weighted by atomic mass is 16.3. The molecule has 132 valence electrons. The Morgan fingerprint density at radius 1 is 1.08 bits per heavy atom. The van der Waals surface area contributed by atoms with E-state index in [1.54, 1.807) is 24.3 Å². The summed E-state index contributed by atoms with van der Waals surface area (Å²) in [7, 11) is 0. The zero-order chi connectivity index (χ0) is 18.2. The number of aryl methyl sites for hydroxylation is 1. The average Bonchev–Trinajstić information content (AvgIpc) is 2.63. The predicted molar refractivity (Wildman–Crippen MR) is 98.1 cm³/mol. The number of aliphatic hydroxyl groups is 1. The molecular formula is C20H24N2O3. The topological polar surface area (TPSA) is 69.6 Å². The van der Waals surface area contributed by atoms with Gasteiger partial charge in [0.2, 0.25) is 5.91 Å². The van der Waals surface area contributed by atoms with Crippen LogP contribution in [0.4, 0.5) is 5.69 Å². The molecule has 0 spiro atoms. The smallest absolute Gasteiger partial charge is 0.256 e. The third-order valence-electron chi connectivity index (χ3n) is 3.91. The second-order valence-corrected chi connectivity index (χ2v) is 5.94. The first-order valence-electron chi connectivity index (χ1n) is 8.40. The molecule has 0 aliphatic heterocycles. The number of amides is 2. The number of aliphatic hydroxyl groups excluding tert-OH is 1. The summed E-state index contributed by atoms with van der Waals surface area (Å²) in [5.41, 5.74) is 2.20. The van der Waals surface area contributed by atoms with Crippen molar-refractivity contribution in [3.63, 3.8) is 0 Å². The lowest BCUT2D eigenvalue weighted by Crippen LogP contribution is -2.41. The summed E-state index contributed by atoms with van der Waals surface area (Å²) in [6.07, 6.45) is -0.566. The van der Waals surface area contributed by atoms with E-state index in [0.717, 1.165) is 11.3 Å². The number of nitrogens with one attached hydrogen (secondary N) is 1. The molecule has 0 heterocycles. The summed E-state index contributed by atoms with van der Waals surface area (Å²) in [6, 6.07) is 16.2. The van der Waals surface area contributed by atoms with Crippen molar-refractivity contribution in [3.05, 3.63) is 65.7 Å². The van der Waals surface area contributed by atoms with Gasteiger partial charge in [-0.05, 0) is 30.5 Å². The van der Waals surface area contributed by atoms with Gasteiger partial charge in [0.1, 0.15) is 0 Å². The molecule has 0 radical (unpaired) electrons. The number of carbonyl (C=O) groups excluding carboxylic acids is 2. The van der Waals surface area contributed by atoms with Crippen molar-refractivity contribution in [3.8, 4) is 0 Å². The van der Waals surface area contributed by atoms with Crippen molar-refractivity contribution >= 4 is 17.5 Å². The van der Waals surface area contributed by atoms with Crippen LogP contribution >= 0.6 is 0 Å². The van der Waals surface area contributed by atoms with Crippen molar-refractivity contribution in [1.29, 1.82) is 0 Å². The average molecular weight is 340 g/mol. The van der Waals surface area contributed by atoms with Crippen molar-refractivity contribution < 1.29 is 14.7 Å². The fourth-order valence-electron chi connectivity index (χ4n) is 2.56. The Morgan fingerprint density at radius 2 is 1.72 bits per heavy atom. The van der Waals surface area contributed by atoms with Gasteiger partial charge in [-0.15, -0.1) is 0 Å². The standard InChI is InChI=1S/C20H24N2O3/c1-3-13-22(20(25)19(24)16-10-5-4-6-11-16)14-18(23)21-17-12-8-7-9-15(17)2/h4-12,19,24H,3,13-14H2,1-2H3,(H,21,23). The molecule has 5 nitrogen and oxygen atoms in total. The number of hydrogen-bond acceptors (Lipinski definition) is 3. The molecule has 2 rings (SSSR count). The van der Waals surface area contributed by atoms with Gasteiger partial charge < -0.3 is 15.3 Å². The van der Waals surface area contributed by atoms with E-state index in [1.807, 2.05) is 44.2 Å². The number of benzene rings is 2. The minimum atomic E-state index is -1.26. The monoisotopic (exact) mass is 340 g/mol. The first kappa shape index (κ1) is 18.7. The van der Waals surface area contributed by atoms with E-state index in [1.165, 1.54) is 4.90 Å². The molecule has 0 saturated heterocycles. The van der Waals surface area contributed by atoms with Gasteiger partial charge in [-0.2, -0.15) is 0 Å². The first-order chi connectivity index (χ1) is 12.0. The van der Waals surface area contributed by atoms with Crippen LogP contribution in [0.15, 0.2) is 54.6 Å². The van der Waals surface area contributed by atoms with Crippen molar-refractivity contribution in [2.24, 2.45) is 0 Å². The van der Waals surface area contributed by atoms with Gasteiger partial charge in [0.05, 0.1) is 6.54 Å². The summed E-state index contributed by atoms with van der Waals surface area (Å²) in [4.78, 5) is 26.3. The van der Waals surface area contributed by atoms with Gasteiger partial charge in [-0.25, -0.2) is 0 Å². The Kier molecular flexibility index (Phi) is 6.71. The lowest BCUT2D eigenvalue weighted by atomic mass is 10.1. The molecule has 1 atom stereocenters. The highest BCUT2D eigenvalue weighted by Gasteiger charge is 2.25. The molecular weight excluding hydrogens is 316 g/mol. The van der Waals surface area contributed by atoms with Crippen LogP contribution in [0, 0.1) is 6.92 Å². The summed E-state index contributed by atoms with van der Waals surface area (Å²) < 4.78 is 0. The minimum absolute atomic E-state index is 0.0924. The minimum Gasteiger partial charge on any atom is -0.378 e. The molecule has 2 amide bonds. The summed E-state index contributed by atoms with van der Waals surface area (Å²) in [5, 5.41) is 13.1. The molecule has 0 aromatic heterocycles. The molecule has 0 bridgehead atoms. The Morgan fingerprint density at radius 3 is 2.36 bits per heavy atom. The third-order valence-corrected chi connectivity index (χ3v) is 3.91. The van der Waals surface area contributed by atoms with Gasteiger partial charge in [0.25, 0.3) is 5.91 Å². The molecule has 25 heavy (non-hydrogen) atoms. The number of para-hydroxylation sites is 1. The van der Waals surface area contributed by atoms with Gasteiger partial charge >= 0.3 is 0 Å². The zero-order valence-corrected chi connectivity index (χ0v) is 14.6. The molecule has 5 heteroatoms. The second-order valence-electron chi connectivity index (χ2n) is 5.94. The Hall–Kier alpha value is -2.66. The Balaban J connectivity index is 2.05. The van der Waals surface area contributed by atoms with E-state index in [9.17, 15) is 14.7 Å². The first-order valence-corrected chi connectivity index (χ1v) is 8.40. The Labute approximate surface area is 148 Å². The van der Waals surface area contributed by atoms with Crippen molar-refractivity contribution in [1.82, 2.24) is 4.90 Å². The van der Waals surface area contributed by atoms with E-state index < -0.39 is 12.0 Å². The molecule has 0 aliphatic carbocycles. The fraction of sp³-hybridized carbons (Fsp3) is 0.300. The number of hydrogen-bond donors (Lipinski definition) is 2. The van der Waals surface area contributed by atoms with Crippen molar-refractivity contribution in [2.75, 3.05) is 18.4 Å². The van der Waals surface area contributed by atoms with Gasteiger partial charge in [0, 0.05) is 12.2 Å². The highest BCUT2D eigenvalue weighted by molar-refractivity contribution is 5.95. The molecule has 2 aromatic rings. The van der Waals surface area contributed by atoms with Gasteiger partial charge in [-0.1, -0.05) is 55.5 Å². The molecule has 2 N–H and O–H groups in total.